The molecule has 0 saturated carbocycles. The molecule has 0 saturated heterocycles. The van der Waals surface area contributed by atoms with Crippen molar-refractivity contribution in [1.29, 1.82) is 5.26 Å². The highest BCUT2D eigenvalue weighted by Gasteiger charge is 2.05. The molecule has 0 aliphatic carbocycles. The fourth-order valence-electron chi connectivity index (χ4n) is 0.822. The molecule has 3 nitrogen and oxygen atoms in total. The SMILES string of the molecule is CSN(C)c1ncccc1C#N. The maximum absolute atomic E-state index is 8.74. The van der Waals surface area contributed by atoms with Gasteiger partial charge in [0.1, 0.15) is 6.07 Å². The lowest BCUT2D eigenvalue weighted by Crippen LogP contribution is -2.08. The minimum atomic E-state index is 0.606. The molecular formula is C8H9N3S. The molecule has 0 aromatic carbocycles. The highest BCUT2D eigenvalue weighted by molar-refractivity contribution is 7.99. The van der Waals surface area contributed by atoms with Gasteiger partial charge in [0.2, 0.25) is 0 Å². The lowest BCUT2D eigenvalue weighted by molar-refractivity contribution is 1.20. The standard InChI is InChI=1S/C8H9N3S/c1-11(12-2)8-7(6-9)4-3-5-10-8/h3-5H,1-2H3. The lowest BCUT2D eigenvalue weighted by atomic mass is 10.3. The Hall–Kier alpha value is -1.21. The summed E-state index contributed by atoms with van der Waals surface area (Å²) < 4.78 is 1.86. The molecule has 0 unspecified atom stereocenters. The van der Waals surface area contributed by atoms with Gasteiger partial charge in [0.05, 0.1) is 5.56 Å². The van der Waals surface area contributed by atoms with Gasteiger partial charge in [-0.25, -0.2) is 4.98 Å². The van der Waals surface area contributed by atoms with Crippen molar-refractivity contribution in [3.05, 3.63) is 23.9 Å². The summed E-state index contributed by atoms with van der Waals surface area (Å²) >= 11 is 1.53. The first-order valence-corrected chi connectivity index (χ1v) is 4.60. The van der Waals surface area contributed by atoms with Gasteiger partial charge in [-0.15, -0.1) is 0 Å². The van der Waals surface area contributed by atoms with Gasteiger partial charge in [0.25, 0.3) is 0 Å². The molecule has 1 aromatic rings. The maximum Gasteiger partial charge on any atom is 0.156 e. The van der Waals surface area contributed by atoms with Crippen LogP contribution in [0.1, 0.15) is 5.56 Å². The summed E-state index contributed by atoms with van der Waals surface area (Å²) in [5.41, 5.74) is 0.606. The number of anilines is 1. The maximum atomic E-state index is 8.74. The summed E-state index contributed by atoms with van der Waals surface area (Å²) in [6.07, 6.45) is 3.62. The highest BCUT2D eigenvalue weighted by atomic mass is 32.2. The smallest absolute Gasteiger partial charge is 0.156 e. The summed E-state index contributed by atoms with van der Waals surface area (Å²) in [6.45, 7) is 0. The third-order valence-electron chi connectivity index (χ3n) is 1.48. The molecular weight excluding hydrogens is 170 g/mol. The first-order valence-electron chi connectivity index (χ1n) is 3.42. The topological polar surface area (TPSA) is 39.9 Å². The first-order chi connectivity index (χ1) is 5.79. The molecule has 4 heteroatoms. The Labute approximate surface area is 76.2 Å². The van der Waals surface area contributed by atoms with E-state index in [4.69, 9.17) is 5.26 Å². The van der Waals surface area contributed by atoms with E-state index in [9.17, 15) is 0 Å². The number of aromatic nitrogens is 1. The zero-order chi connectivity index (χ0) is 8.97. The molecule has 0 radical (unpaired) electrons. The Balaban J connectivity index is 3.07. The van der Waals surface area contributed by atoms with Crippen LogP contribution in [0, 0.1) is 11.3 Å². The molecule has 0 bridgehead atoms. The van der Waals surface area contributed by atoms with Crippen LogP contribution < -0.4 is 4.31 Å². The van der Waals surface area contributed by atoms with Crippen molar-refractivity contribution in [1.82, 2.24) is 4.98 Å². The van der Waals surface area contributed by atoms with Crippen LogP contribution in [0.5, 0.6) is 0 Å². The third-order valence-corrected chi connectivity index (χ3v) is 2.20. The van der Waals surface area contributed by atoms with Crippen molar-refractivity contribution in [2.75, 3.05) is 17.6 Å². The number of rotatable bonds is 2. The van der Waals surface area contributed by atoms with Gasteiger partial charge in [0, 0.05) is 19.5 Å². The van der Waals surface area contributed by atoms with E-state index in [1.165, 1.54) is 11.9 Å². The second kappa shape index (κ2) is 3.98. The van der Waals surface area contributed by atoms with E-state index in [0.29, 0.717) is 11.4 Å². The molecule has 1 aromatic heterocycles. The summed E-state index contributed by atoms with van der Waals surface area (Å²) in [6, 6.07) is 5.61. The van der Waals surface area contributed by atoms with E-state index in [2.05, 4.69) is 11.1 Å². The van der Waals surface area contributed by atoms with Crippen LogP contribution in [-0.2, 0) is 0 Å². The average molecular weight is 179 g/mol. The second-order valence-corrected chi connectivity index (χ2v) is 3.08. The molecule has 0 atom stereocenters. The molecule has 0 N–H and O–H groups in total. The van der Waals surface area contributed by atoms with E-state index >= 15 is 0 Å². The van der Waals surface area contributed by atoms with Crippen LogP contribution in [-0.4, -0.2) is 18.3 Å². The summed E-state index contributed by atoms with van der Waals surface area (Å²) in [4.78, 5) is 4.10. The van der Waals surface area contributed by atoms with Crippen molar-refractivity contribution in [3.8, 4) is 6.07 Å². The molecule has 0 aliphatic heterocycles. The summed E-state index contributed by atoms with van der Waals surface area (Å²) in [5, 5.41) is 8.74. The van der Waals surface area contributed by atoms with E-state index in [0.717, 1.165) is 0 Å². The Morgan fingerprint density at radius 2 is 2.42 bits per heavy atom. The fourth-order valence-corrected chi connectivity index (χ4v) is 1.14. The molecule has 62 valence electrons. The Bertz CT molecular complexity index is 305. The van der Waals surface area contributed by atoms with Crippen molar-refractivity contribution in [3.63, 3.8) is 0 Å². The minimum Gasteiger partial charge on any atom is -0.303 e. The largest absolute Gasteiger partial charge is 0.303 e. The Kier molecular flexibility index (Phi) is 2.94. The van der Waals surface area contributed by atoms with Crippen LogP contribution in [0.15, 0.2) is 18.3 Å². The molecule has 0 aliphatic rings. The van der Waals surface area contributed by atoms with Crippen LogP contribution in [0.4, 0.5) is 5.82 Å². The lowest BCUT2D eigenvalue weighted by Gasteiger charge is -2.14. The van der Waals surface area contributed by atoms with Gasteiger partial charge in [-0.1, -0.05) is 11.9 Å². The van der Waals surface area contributed by atoms with E-state index in [-0.39, 0.29) is 0 Å². The number of hydrogen-bond donors (Lipinski definition) is 0. The first kappa shape index (κ1) is 8.88. The van der Waals surface area contributed by atoms with Gasteiger partial charge >= 0.3 is 0 Å². The second-order valence-electron chi connectivity index (χ2n) is 2.17. The van der Waals surface area contributed by atoms with Gasteiger partial charge in [-0.05, 0) is 12.1 Å². The van der Waals surface area contributed by atoms with Crippen molar-refractivity contribution >= 4 is 17.8 Å². The molecule has 0 spiro atoms. The molecule has 0 fully saturated rings. The molecule has 1 heterocycles. The minimum absolute atomic E-state index is 0.606. The fraction of sp³-hybridized carbons (Fsp3) is 0.250. The quantitative estimate of drug-likeness (QED) is 0.647. The number of hydrogen-bond acceptors (Lipinski definition) is 4. The molecule has 0 amide bonds. The van der Waals surface area contributed by atoms with Gasteiger partial charge in [0.15, 0.2) is 5.82 Å². The summed E-state index contributed by atoms with van der Waals surface area (Å²) in [7, 11) is 1.88. The van der Waals surface area contributed by atoms with Crippen LogP contribution in [0.3, 0.4) is 0 Å². The van der Waals surface area contributed by atoms with Gasteiger partial charge in [-0.2, -0.15) is 5.26 Å². The number of nitriles is 1. The van der Waals surface area contributed by atoms with Crippen molar-refractivity contribution in [2.24, 2.45) is 0 Å². The normalized spacial score (nSPS) is 9.08. The number of nitrogens with zero attached hydrogens (tertiary/aromatic N) is 3. The van der Waals surface area contributed by atoms with Crippen molar-refractivity contribution < 1.29 is 0 Å². The highest BCUT2D eigenvalue weighted by Crippen LogP contribution is 2.19. The summed E-state index contributed by atoms with van der Waals surface area (Å²) in [5.74, 6) is 0.715. The zero-order valence-corrected chi connectivity index (χ0v) is 7.80. The Morgan fingerprint density at radius 1 is 1.67 bits per heavy atom. The average Bonchev–Trinajstić information content (AvgIpc) is 2.16. The van der Waals surface area contributed by atoms with Gasteiger partial charge < -0.3 is 4.31 Å². The molecule has 12 heavy (non-hydrogen) atoms. The monoisotopic (exact) mass is 179 g/mol. The van der Waals surface area contributed by atoms with E-state index in [1.807, 2.05) is 17.6 Å². The molecule has 1 rings (SSSR count). The van der Waals surface area contributed by atoms with Crippen molar-refractivity contribution in [2.45, 2.75) is 0 Å². The van der Waals surface area contributed by atoms with Gasteiger partial charge in [-0.3, -0.25) is 0 Å². The number of pyridine rings is 1. The predicted molar refractivity (Wildman–Crippen MR) is 50.9 cm³/mol. The van der Waals surface area contributed by atoms with Crippen LogP contribution in [0.2, 0.25) is 0 Å². The van der Waals surface area contributed by atoms with E-state index in [1.54, 1.807) is 18.3 Å². The van der Waals surface area contributed by atoms with Crippen LogP contribution >= 0.6 is 11.9 Å². The predicted octanol–water partition coefficient (Wildman–Crippen LogP) is 1.67. The van der Waals surface area contributed by atoms with E-state index < -0.39 is 0 Å². The third kappa shape index (κ3) is 1.69. The van der Waals surface area contributed by atoms with Crippen LogP contribution in [0.25, 0.3) is 0 Å². The Morgan fingerprint density at radius 3 is 3.00 bits per heavy atom. The zero-order valence-electron chi connectivity index (χ0n) is 6.98.